The van der Waals surface area contributed by atoms with Crippen LogP contribution >= 0.6 is 34.8 Å². The average molecular weight is 495 g/mol. The fraction of sp³-hybridized carbons (Fsp3) is 0.391. The quantitative estimate of drug-likeness (QED) is 0.539. The lowest BCUT2D eigenvalue weighted by atomic mass is 9.76. The molecule has 9 heteroatoms. The van der Waals surface area contributed by atoms with E-state index >= 15 is 0 Å². The SMILES string of the molecule is CN1CC2(c3cc(Cl)cc(Cl)c31)C1C(=O)N(c3cc(F)cc(Cl)c3)C(=O)C1C1CCCN12. The summed E-state index contributed by atoms with van der Waals surface area (Å²) in [7, 11) is 1.94. The lowest BCUT2D eigenvalue weighted by Gasteiger charge is -2.39. The van der Waals surface area contributed by atoms with Gasteiger partial charge >= 0.3 is 0 Å². The van der Waals surface area contributed by atoms with Crippen LogP contribution in [0.25, 0.3) is 0 Å². The van der Waals surface area contributed by atoms with Gasteiger partial charge in [0.2, 0.25) is 11.8 Å². The highest BCUT2D eigenvalue weighted by atomic mass is 35.5. The van der Waals surface area contributed by atoms with E-state index in [-0.39, 0.29) is 28.6 Å². The normalized spacial score (nSPS) is 31.1. The highest BCUT2D eigenvalue weighted by molar-refractivity contribution is 6.37. The Balaban J connectivity index is 1.56. The molecule has 0 saturated carbocycles. The second kappa shape index (κ2) is 6.83. The maximum atomic E-state index is 14.1. The molecule has 0 N–H and O–H groups in total. The van der Waals surface area contributed by atoms with Crippen molar-refractivity contribution in [3.05, 3.63) is 56.8 Å². The van der Waals surface area contributed by atoms with E-state index in [4.69, 9.17) is 34.8 Å². The summed E-state index contributed by atoms with van der Waals surface area (Å²) in [6.45, 7) is 1.32. The third-order valence-electron chi connectivity index (χ3n) is 7.55. The monoisotopic (exact) mass is 493 g/mol. The molecule has 0 aromatic heterocycles. The molecule has 2 aromatic rings. The zero-order valence-corrected chi connectivity index (χ0v) is 19.4. The number of rotatable bonds is 1. The Morgan fingerprint density at radius 1 is 1.03 bits per heavy atom. The number of nitrogens with zero attached hydrogens (tertiary/aromatic N) is 3. The van der Waals surface area contributed by atoms with Gasteiger partial charge in [0.25, 0.3) is 0 Å². The van der Waals surface area contributed by atoms with Gasteiger partial charge in [0.05, 0.1) is 33.8 Å². The summed E-state index contributed by atoms with van der Waals surface area (Å²) in [6.07, 6.45) is 1.77. The van der Waals surface area contributed by atoms with Crippen molar-refractivity contribution < 1.29 is 14.0 Å². The smallest absolute Gasteiger partial charge is 0.240 e. The molecule has 1 spiro atoms. The van der Waals surface area contributed by atoms with Crippen LogP contribution in [0.1, 0.15) is 18.4 Å². The zero-order valence-electron chi connectivity index (χ0n) is 17.1. The van der Waals surface area contributed by atoms with Crippen LogP contribution in [0.5, 0.6) is 0 Å². The highest BCUT2D eigenvalue weighted by Crippen LogP contribution is 2.62. The number of hydrogen-bond donors (Lipinski definition) is 0. The number of anilines is 2. The minimum absolute atomic E-state index is 0.0670. The van der Waals surface area contributed by atoms with Gasteiger partial charge in [-0.05, 0) is 49.7 Å². The van der Waals surface area contributed by atoms with Crippen LogP contribution in [0.2, 0.25) is 15.1 Å². The fourth-order valence-corrected chi connectivity index (χ4v) is 7.52. The first-order chi connectivity index (χ1) is 15.2. The highest BCUT2D eigenvalue weighted by Gasteiger charge is 2.72. The summed E-state index contributed by atoms with van der Waals surface area (Å²) < 4.78 is 14.1. The van der Waals surface area contributed by atoms with E-state index in [1.54, 1.807) is 6.07 Å². The molecule has 0 radical (unpaired) electrons. The molecule has 4 atom stereocenters. The fourth-order valence-electron chi connectivity index (χ4n) is 6.66. The summed E-state index contributed by atoms with van der Waals surface area (Å²) in [5, 5.41) is 1.16. The van der Waals surface area contributed by atoms with Gasteiger partial charge in [-0.15, -0.1) is 0 Å². The van der Waals surface area contributed by atoms with Crippen molar-refractivity contribution in [3.8, 4) is 0 Å². The number of imide groups is 1. The van der Waals surface area contributed by atoms with Gasteiger partial charge in [-0.3, -0.25) is 14.5 Å². The van der Waals surface area contributed by atoms with Crippen LogP contribution in [0.3, 0.4) is 0 Å². The molecular weight excluding hydrogens is 476 g/mol. The first-order valence-electron chi connectivity index (χ1n) is 10.6. The predicted octanol–water partition coefficient (Wildman–Crippen LogP) is 4.71. The molecule has 4 heterocycles. The number of fused-ring (bicyclic) bond motifs is 7. The molecule has 32 heavy (non-hydrogen) atoms. The summed E-state index contributed by atoms with van der Waals surface area (Å²) in [4.78, 5) is 33.1. The summed E-state index contributed by atoms with van der Waals surface area (Å²) in [5.74, 6) is -2.33. The van der Waals surface area contributed by atoms with E-state index in [0.717, 1.165) is 41.6 Å². The van der Waals surface area contributed by atoms with Gasteiger partial charge in [0, 0.05) is 35.2 Å². The molecular formula is C23H19Cl3FN3O2. The molecule has 2 amide bonds. The van der Waals surface area contributed by atoms with E-state index in [1.165, 1.54) is 12.1 Å². The van der Waals surface area contributed by atoms with Crippen molar-refractivity contribution in [2.24, 2.45) is 11.8 Å². The summed E-state index contributed by atoms with van der Waals surface area (Å²) in [6, 6.07) is 7.32. The average Bonchev–Trinajstić information content (AvgIpc) is 3.39. The van der Waals surface area contributed by atoms with Crippen LogP contribution in [0, 0.1) is 17.7 Å². The van der Waals surface area contributed by atoms with Crippen LogP contribution in [0.15, 0.2) is 30.3 Å². The number of hydrogen-bond acceptors (Lipinski definition) is 4. The van der Waals surface area contributed by atoms with E-state index in [9.17, 15) is 14.0 Å². The zero-order chi connectivity index (χ0) is 22.5. The Kier molecular flexibility index (Phi) is 4.42. The maximum absolute atomic E-state index is 14.1. The third-order valence-corrected chi connectivity index (χ3v) is 8.28. The lowest BCUT2D eigenvalue weighted by molar-refractivity contribution is -0.124. The van der Waals surface area contributed by atoms with Crippen LogP contribution < -0.4 is 9.80 Å². The Labute approximate surface area is 199 Å². The Morgan fingerprint density at radius 3 is 2.53 bits per heavy atom. The van der Waals surface area contributed by atoms with E-state index < -0.39 is 23.2 Å². The van der Waals surface area contributed by atoms with Crippen LogP contribution in [0.4, 0.5) is 15.8 Å². The number of carbonyl (C=O) groups excluding carboxylic acids is 2. The minimum atomic E-state index is -0.719. The molecule has 4 unspecified atom stereocenters. The molecule has 3 saturated heterocycles. The van der Waals surface area contributed by atoms with Crippen molar-refractivity contribution in [1.82, 2.24) is 4.90 Å². The first-order valence-corrected chi connectivity index (χ1v) is 11.7. The molecule has 0 aliphatic carbocycles. The van der Waals surface area contributed by atoms with Gasteiger partial charge in [-0.1, -0.05) is 34.8 Å². The number of benzene rings is 2. The molecule has 2 aromatic carbocycles. The maximum Gasteiger partial charge on any atom is 0.240 e. The Bertz CT molecular complexity index is 1190. The van der Waals surface area contributed by atoms with Gasteiger partial charge < -0.3 is 4.90 Å². The largest absolute Gasteiger partial charge is 0.371 e. The molecule has 4 aliphatic heterocycles. The topological polar surface area (TPSA) is 43.9 Å². The van der Waals surface area contributed by atoms with Crippen molar-refractivity contribution in [2.75, 3.05) is 29.9 Å². The number of carbonyl (C=O) groups is 2. The number of amides is 2. The van der Waals surface area contributed by atoms with Crippen molar-refractivity contribution in [3.63, 3.8) is 0 Å². The van der Waals surface area contributed by atoms with Crippen LogP contribution in [-0.2, 0) is 15.1 Å². The summed E-state index contributed by atoms with van der Waals surface area (Å²) >= 11 is 19.0. The molecule has 166 valence electrons. The Hall–Kier alpha value is -1.86. The minimum Gasteiger partial charge on any atom is -0.371 e. The van der Waals surface area contributed by atoms with Crippen molar-refractivity contribution >= 4 is 58.0 Å². The number of likely N-dealkylation sites (N-methyl/N-ethyl adjacent to an activating group) is 1. The van der Waals surface area contributed by atoms with Gasteiger partial charge in [-0.2, -0.15) is 0 Å². The van der Waals surface area contributed by atoms with E-state index in [1.807, 2.05) is 18.0 Å². The summed E-state index contributed by atoms with van der Waals surface area (Å²) in [5.41, 5.74) is 1.19. The van der Waals surface area contributed by atoms with Crippen LogP contribution in [-0.4, -0.2) is 42.9 Å². The first kappa shape index (κ1) is 20.7. The third kappa shape index (κ3) is 2.50. The van der Waals surface area contributed by atoms with Gasteiger partial charge in [0.15, 0.2) is 0 Å². The standard InChI is InChI=1S/C23H19Cl3FN3O2/c1-28-10-23(15-7-12(25)8-16(26)20(15)28)19-18(17-3-2-4-29(17)23)21(31)30(22(19)32)14-6-11(24)5-13(27)9-14/h5-9,17-19H,2-4,10H2,1H3. The van der Waals surface area contributed by atoms with Crippen molar-refractivity contribution in [2.45, 2.75) is 24.4 Å². The van der Waals surface area contributed by atoms with Gasteiger partial charge in [-0.25, -0.2) is 9.29 Å². The Morgan fingerprint density at radius 2 is 1.78 bits per heavy atom. The molecule has 3 fully saturated rings. The second-order valence-electron chi connectivity index (χ2n) is 9.11. The molecule has 0 bridgehead atoms. The molecule has 6 rings (SSSR count). The molecule has 4 aliphatic rings. The van der Waals surface area contributed by atoms with E-state index in [2.05, 4.69) is 4.90 Å². The second-order valence-corrected chi connectivity index (χ2v) is 10.4. The van der Waals surface area contributed by atoms with Crippen molar-refractivity contribution in [1.29, 1.82) is 0 Å². The molecule has 5 nitrogen and oxygen atoms in total. The van der Waals surface area contributed by atoms with E-state index in [0.29, 0.717) is 16.6 Å². The number of halogens is 4. The predicted molar refractivity (Wildman–Crippen MR) is 122 cm³/mol. The van der Waals surface area contributed by atoms with Gasteiger partial charge in [0.1, 0.15) is 5.82 Å². The lowest BCUT2D eigenvalue weighted by Crippen LogP contribution is -2.52.